The van der Waals surface area contributed by atoms with E-state index in [4.69, 9.17) is 9.47 Å². The predicted octanol–water partition coefficient (Wildman–Crippen LogP) is 3.70. The van der Waals surface area contributed by atoms with Gasteiger partial charge in [0.15, 0.2) is 18.2 Å². The van der Waals surface area contributed by atoms with Crippen molar-refractivity contribution in [2.45, 2.75) is 6.92 Å². The average Bonchev–Trinajstić information content (AvgIpc) is 2.87. The lowest BCUT2D eigenvalue weighted by Gasteiger charge is -2.08. The smallest absolute Gasteiger partial charge is 0.344 e. The van der Waals surface area contributed by atoms with Crippen LogP contribution in [0.25, 0.3) is 6.08 Å². The molecule has 0 unspecified atom stereocenters. The van der Waals surface area contributed by atoms with Crippen LogP contribution < -0.4 is 4.74 Å². The Hall–Kier alpha value is -2.48. The molecule has 5 nitrogen and oxygen atoms in total. The van der Waals surface area contributed by atoms with E-state index in [9.17, 15) is 14.4 Å². The Labute approximate surface area is 164 Å². The third-order valence-electron chi connectivity index (χ3n) is 3.82. The fourth-order valence-electron chi connectivity index (χ4n) is 2.63. The molecule has 2 aromatic carbocycles. The molecule has 3 rings (SSSR count). The van der Waals surface area contributed by atoms with Crippen LogP contribution in [-0.4, -0.2) is 30.7 Å². The Kier molecular flexibility index (Phi) is 5.51. The summed E-state index contributed by atoms with van der Waals surface area (Å²) in [6, 6.07) is 12.0. The monoisotopic (exact) mass is 462 g/mol. The zero-order valence-electron chi connectivity index (χ0n) is 14.0. The highest BCUT2D eigenvalue weighted by atomic mass is 127. The molecule has 0 spiro atoms. The molecule has 0 fully saturated rings. The molecule has 0 aromatic heterocycles. The van der Waals surface area contributed by atoms with Gasteiger partial charge < -0.3 is 9.47 Å². The molecule has 0 amide bonds. The Morgan fingerprint density at radius 2 is 1.73 bits per heavy atom. The molecule has 1 aliphatic rings. The minimum absolute atomic E-state index is 0.155. The first-order valence-corrected chi connectivity index (χ1v) is 9.07. The molecule has 0 heterocycles. The van der Waals surface area contributed by atoms with E-state index in [1.54, 1.807) is 55.5 Å². The largest absolute Gasteiger partial charge is 0.481 e. The van der Waals surface area contributed by atoms with E-state index in [-0.39, 0.29) is 23.7 Å². The van der Waals surface area contributed by atoms with Crippen LogP contribution in [0.15, 0.2) is 48.0 Å². The first-order chi connectivity index (χ1) is 12.5. The molecule has 0 atom stereocenters. The predicted molar refractivity (Wildman–Crippen MR) is 104 cm³/mol. The van der Waals surface area contributed by atoms with Crippen molar-refractivity contribution in [2.75, 3.05) is 13.2 Å². The highest BCUT2D eigenvalue weighted by molar-refractivity contribution is 14.1. The molecule has 0 bridgehead atoms. The fraction of sp³-hybridized carbons (Fsp3) is 0.150. The number of esters is 1. The van der Waals surface area contributed by atoms with Gasteiger partial charge in [0.05, 0.1) is 15.8 Å². The van der Waals surface area contributed by atoms with Gasteiger partial charge >= 0.3 is 5.97 Å². The Morgan fingerprint density at radius 1 is 1.08 bits per heavy atom. The fourth-order valence-corrected chi connectivity index (χ4v) is 3.33. The van der Waals surface area contributed by atoms with E-state index >= 15 is 0 Å². The lowest BCUT2D eigenvalue weighted by molar-refractivity contribution is -0.145. The number of hydrogen-bond acceptors (Lipinski definition) is 5. The second-order valence-electron chi connectivity index (χ2n) is 5.55. The zero-order valence-corrected chi connectivity index (χ0v) is 16.1. The highest BCUT2D eigenvalue weighted by Gasteiger charge is 2.32. The molecule has 0 aliphatic heterocycles. The van der Waals surface area contributed by atoms with Crippen LogP contribution in [0, 0.1) is 3.57 Å². The SMILES string of the molecule is CCOC(=O)COc1ccc(C=C2C(=O)c3ccccc3C2=O)cc1I. The third kappa shape index (κ3) is 3.70. The molecular weight excluding hydrogens is 447 g/mol. The number of carbonyl (C=O) groups is 3. The minimum Gasteiger partial charge on any atom is -0.481 e. The van der Waals surface area contributed by atoms with Crippen LogP contribution in [0.4, 0.5) is 0 Å². The van der Waals surface area contributed by atoms with Crippen LogP contribution in [0.2, 0.25) is 0 Å². The minimum atomic E-state index is -0.436. The van der Waals surface area contributed by atoms with E-state index in [1.165, 1.54) is 0 Å². The van der Waals surface area contributed by atoms with Crippen molar-refractivity contribution in [1.82, 2.24) is 0 Å². The van der Waals surface area contributed by atoms with Crippen molar-refractivity contribution >= 4 is 46.2 Å². The summed E-state index contributed by atoms with van der Waals surface area (Å²) < 4.78 is 11.0. The molecule has 0 saturated heterocycles. The van der Waals surface area contributed by atoms with Crippen LogP contribution in [0.5, 0.6) is 5.75 Å². The molecular formula is C20H15IO5. The molecule has 6 heteroatoms. The number of hydrogen-bond donors (Lipinski definition) is 0. The summed E-state index contributed by atoms with van der Waals surface area (Å²) in [5.41, 5.74) is 1.74. The number of fused-ring (bicyclic) bond motifs is 1. The van der Waals surface area contributed by atoms with E-state index in [0.717, 1.165) is 3.57 Å². The van der Waals surface area contributed by atoms with Gasteiger partial charge in [0.2, 0.25) is 0 Å². The molecule has 0 radical (unpaired) electrons. The second kappa shape index (κ2) is 7.82. The van der Waals surface area contributed by atoms with Crippen LogP contribution in [0.3, 0.4) is 0 Å². The van der Waals surface area contributed by atoms with Gasteiger partial charge in [-0.1, -0.05) is 30.3 Å². The molecule has 132 valence electrons. The molecule has 2 aromatic rings. The summed E-state index contributed by atoms with van der Waals surface area (Å²) >= 11 is 2.08. The maximum absolute atomic E-state index is 12.4. The quantitative estimate of drug-likeness (QED) is 0.294. The van der Waals surface area contributed by atoms with E-state index in [2.05, 4.69) is 22.6 Å². The van der Waals surface area contributed by atoms with Gasteiger partial charge in [0, 0.05) is 11.1 Å². The lowest BCUT2D eigenvalue weighted by Crippen LogP contribution is -2.14. The van der Waals surface area contributed by atoms with E-state index in [1.807, 2.05) is 0 Å². The van der Waals surface area contributed by atoms with Crippen LogP contribution in [0.1, 0.15) is 33.2 Å². The van der Waals surface area contributed by atoms with Gasteiger partial charge in [-0.15, -0.1) is 0 Å². The topological polar surface area (TPSA) is 69.7 Å². The summed E-state index contributed by atoms with van der Waals surface area (Å²) in [6.07, 6.45) is 1.59. The Bertz CT molecular complexity index is 893. The second-order valence-corrected chi connectivity index (χ2v) is 6.71. The van der Waals surface area contributed by atoms with Gasteiger partial charge in [0.1, 0.15) is 5.75 Å². The Balaban J connectivity index is 1.80. The molecule has 26 heavy (non-hydrogen) atoms. The number of halogens is 1. The molecule has 0 N–H and O–H groups in total. The lowest BCUT2D eigenvalue weighted by atomic mass is 10.1. The summed E-state index contributed by atoms with van der Waals surface area (Å²) in [7, 11) is 0. The number of carbonyl (C=O) groups excluding carboxylic acids is 3. The van der Waals surface area contributed by atoms with Crippen molar-refractivity contribution in [1.29, 1.82) is 0 Å². The van der Waals surface area contributed by atoms with Crippen molar-refractivity contribution < 1.29 is 23.9 Å². The highest BCUT2D eigenvalue weighted by Crippen LogP contribution is 2.29. The third-order valence-corrected chi connectivity index (χ3v) is 4.67. The standard InChI is InChI=1S/C20H15IO5/c1-2-25-18(22)11-26-17-8-7-12(10-16(17)21)9-15-19(23)13-5-3-4-6-14(13)20(15)24/h3-10H,2,11H2,1H3. The van der Waals surface area contributed by atoms with Gasteiger partial charge in [-0.3, -0.25) is 9.59 Å². The summed E-state index contributed by atoms with van der Waals surface area (Å²) in [5.74, 6) is -0.422. The summed E-state index contributed by atoms with van der Waals surface area (Å²) in [5, 5.41) is 0. The Morgan fingerprint density at radius 3 is 2.31 bits per heavy atom. The van der Waals surface area contributed by atoms with Crippen molar-refractivity contribution in [2.24, 2.45) is 0 Å². The number of Topliss-reactive ketones (excluding diaryl/α,β-unsaturated/α-hetero) is 2. The molecule has 0 saturated carbocycles. The number of rotatable bonds is 5. The number of benzene rings is 2. The van der Waals surface area contributed by atoms with Crippen LogP contribution in [-0.2, 0) is 9.53 Å². The maximum atomic E-state index is 12.4. The van der Waals surface area contributed by atoms with E-state index in [0.29, 0.717) is 29.0 Å². The number of ether oxygens (including phenoxy) is 2. The summed E-state index contributed by atoms with van der Waals surface area (Å²) in [4.78, 5) is 36.2. The maximum Gasteiger partial charge on any atom is 0.344 e. The first-order valence-electron chi connectivity index (χ1n) is 7.99. The average molecular weight is 462 g/mol. The van der Waals surface area contributed by atoms with Gasteiger partial charge in [-0.05, 0) is 53.3 Å². The molecule has 1 aliphatic carbocycles. The van der Waals surface area contributed by atoms with Crippen molar-refractivity contribution in [3.8, 4) is 5.75 Å². The van der Waals surface area contributed by atoms with Gasteiger partial charge in [-0.2, -0.15) is 0 Å². The normalized spacial score (nSPS) is 12.8. The van der Waals surface area contributed by atoms with Crippen LogP contribution >= 0.6 is 22.6 Å². The van der Waals surface area contributed by atoms with Crippen molar-refractivity contribution in [3.63, 3.8) is 0 Å². The van der Waals surface area contributed by atoms with Gasteiger partial charge in [-0.25, -0.2) is 4.79 Å². The van der Waals surface area contributed by atoms with E-state index < -0.39 is 5.97 Å². The summed E-state index contributed by atoms with van der Waals surface area (Å²) in [6.45, 7) is 1.86. The first kappa shape index (κ1) is 18.3. The number of ketones is 2. The van der Waals surface area contributed by atoms with Crippen molar-refractivity contribution in [3.05, 3.63) is 68.3 Å². The van der Waals surface area contributed by atoms with Gasteiger partial charge in [0.25, 0.3) is 0 Å². The number of allylic oxidation sites excluding steroid dienone is 1. The zero-order chi connectivity index (χ0) is 18.7.